The Morgan fingerprint density at radius 2 is 1.96 bits per heavy atom. The number of aromatic amines is 1. The smallest absolute Gasteiger partial charge is 0.274 e. The van der Waals surface area contributed by atoms with Crippen molar-refractivity contribution in [1.82, 2.24) is 29.5 Å². The highest BCUT2D eigenvalue weighted by atomic mass is 16.2. The highest BCUT2D eigenvalue weighted by molar-refractivity contribution is 5.94. The van der Waals surface area contributed by atoms with Gasteiger partial charge in [0.2, 0.25) is 5.91 Å². The molecule has 0 spiro atoms. The predicted octanol–water partition coefficient (Wildman–Crippen LogP) is 0.428. The third kappa shape index (κ3) is 2.71. The van der Waals surface area contributed by atoms with Crippen molar-refractivity contribution < 1.29 is 9.59 Å². The summed E-state index contributed by atoms with van der Waals surface area (Å²) in [6.45, 7) is 4.91. The number of nitrogens with one attached hydrogen (secondary N) is 1. The van der Waals surface area contributed by atoms with E-state index in [1.54, 1.807) is 10.9 Å². The number of aryl methyl sites for hydroxylation is 3. The van der Waals surface area contributed by atoms with Crippen molar-refractivity contribution in [3.05, 3.63) is 35.2 Å². The van der Waals surface area contributed by atoms with E-state index in [1.807, 2.05) is 36.9 Å². The molecular weight excluding hydrogens is 320 g/mol. The zero-order chi connectivity index (χ0) is 17.7. The Balaban J connectivity index is 1.42. The van der Waals surface area contributed by atoms with E-state index in [1.165, 1.54) is 0 Å². The monoisotopic (exact) mass is 342 g/mol. The minimum absolute atomic E-state index is 0.0336. The molecule has 2 bridgehead atoms. The molecular formula is C17H22N6O2. The van der Waals surface area contributed by atoms with Crippen molar-refractivity contribution in [2.45, 2.75) is 38.8 Å². The number of nitrogens with zero attached hydrogens (tertiary/aromatic N) is 5. The molecule has 2 amide bonds. The summed E-state index contributed by atoms with van der Waals surface area (Å²) < 4.78 is 1.70. The second-order valence-corrected chi connectivity index (χ2v) is 7.04. The molecule has 2 aliphatic heterocycles. The van der Waals surface area contributed by atoms with Crippen LogP contribution in [0.3, 0.4) is 0 Å². The van der Waals surface area contributed by atoms with E-state index >= 15 is 0 Å². The van der Waals surface area contributed by atoms with Gasteiger partial charge < -0.3 is 14.8 Å². The fourth-order valence-electron chi connectivity index (χ4n) is 4.01. The molecule has 0 unspecified atom stereocenters. The number of hydrogen-bond acceptors (Lipinski definition) is 4. The lowest BCUT2D eigenvalue weighted by Crippen LogP contribution is -2.51. The van der Waals surface area contributed by atoms with Crippen LogP contribution in [0.5, 0.6) is 0 Å². The van der Waals surface area contributed by atoms with Gasteiger partial charge in [-0.2, -0.15) is 5.10 Å². The zero-order valence-electron chi connectivity index (χ0n) is 14.7. The summed E-state index contributed by atoms with van der Waals surface area (Å²) in [4.78, 5) is 36.5. The van der Waals surface area contributed by atoms with Crippen LogP contribution in [0.4, 0.5) is 0 Å². The molecule has 25 heavy (non-hydrogen) atoms. The molecule has 4 heterocycles. The first-order valence-electron chi connectivity index (χ1n) is 8.53. The van der Waals surface area contributed by atoms with Crippen LogP contribution in [-0.2, 0) is 18.3 Å². The Morgan fingerprint density at radius 3 is 2.52 bits per heavy atom. The minimum atomic E-state index is -0.0336. The van der Waals surface area contributed by atoms with Gasteiger partial charge in [0.25, 0.3) is 5.91 Å². The first kappa shape index (κ1) is 15.9. The minimum Gasteiger partial charge on any atom is -0.346 e. The number of carbonyl (C=O) groups is 2. The number of amides is 2. The van der Waals surface area contributed by atoms with Crippen LogP contribution in [0.25, 0.3) is 0 Å². The Kier molecular flexibility index (Phi) is 3.63. The van der Waals surface area contributed by atoms with E-state index in [-0.39, 0.29) is 23.9 Å². The second-order valence-electron chi connectivity index (χ2n) is 7.04. The fraction of sp³-hybridized carbons (Fsp3) is 0.529. The Labute approximate surface area is 145 Å². The summed E-state index contributed by atoms with van der Waals surface area (Å²) in [7, 11) is 1.84. The van der Waals surface area contributed by atoms with E-state index in [4.69, 9.17) is 0 Å². The molecule has 2 aliphatic rings. The van der Waals surface area contributed by atoms with E-state index in [2.05, 4.69) is 15.1 Å². The van der Waals surface area contributed by atoms with Gasteiger partial charge in [-0.25, -0.2) is 4.98 Å². The fourth-order valence-corrected chi connectivity index (χ4v) is 4.01. The maximum atomic E-state index is 12.8. The summed E-state index contributed by atoms with van der Waals surface area (Å²) in [5.74, 6) is 0.826. The summed E-state index contributed by atoms with van der Waals surface area (Å²) in [6, 6.07) is 0.199. The molecule has 2 aromatic heterocycles. The molecule has 132 valence electrons. The van der Waals surface area contributed by atoms with Crippen molar-refractivity contribution >= 4 is 11.8 Å². The zero-order valence-corrected chi connectivity index (χ0v) is 14.7. The molecule has 8 nitrogen and oxygen atoms in total. The molecule has 0 aliphatic carbocycles. The number of piperazine rings is 1. The van der Waals surface area contributed by atoms with Gasteiger partial charge in [0.1, 0.15) is 11.5 Å². The number of likely N-dealkylation sites (tertiary alicyclic amines) is 2. The van der Waals surface area contributed by atoms with Gasteiger partial charge >= 0.3 is 0 Å². The predicted molar refractivity (Wildman–Crippen MR) is 89.9 cm³/mol. The first-order valence-corrected chi connectivity index (χ1v) is 8.53. The average molecular weight is 342 g/mol. The van der Waals surface area contributed by atoms with Crippen molar-refractivity contribution in [3.63, 3.8) is 0 Å². The van der Waals surface area contributed by atoms with Gasteiger partial charge in [0.05, 0.1) is 24.7 Å². The van der Waals surface area contributed by atoms with Crippen LogP contribution in [-0.4, -0.2) is 66.5 Å². The van der Waals surface area contributed by atoms with Crippen LogP contribution in [0, 0.1) is 13.8 Å². The summed E-state index contributed by atoms with van der Waals surface area (Å²) in [5.41, 5.74) is 2.22. The molecule has 2 aromatic rings. The van der Waals surface area contributed by atoms with Gasteiger partial charge in [-0.15, -0.1) is 0 Å². The molecule has 0 saturated carbocycles. The number of aromatic nitrogens is 4. The van der Waals surface area contributed by atoms with Crippen LogP contribution in [0.15, 0.2) is 12.4 Å². The van der Waals surface area contributed by atoms with Crippen molar-refractivity contribution in [3.8, 4) is 0 Å². The van der Waals surface area contributed by atoms with Gasteiger partial charge in [0.15, 0.2) is 0 Å². The van der Waals surface area contributed by atoms with Crippen molar-refractivity contribution in [2.75, 3.05) is 13.1 Å². The van der Waals surface area contributed by atoms with Crippen LogP contribution < -0.4 is 0 Å². The number of hydrogen-bond donors (Lipinski definition) is 1. The third-order valence-electron chi connectivity index (χ3n) is 5.14. The van der Waals surface area contributed by atoms with Crippen LogP contribution in [0.1, 0.15) is 34.0 Å². The SMILES string of the molecule is Cc1nc(C(=O)N2C[C@@H]3C[C@H]2CN3C(=O)Cc2cnn(C)c2)c(C)[nH]1. The van der Waals surface area contributed by atoms with Gasteiger partial charge in [-0.05, 0) is 25.8 Å². The number of carbonyl (C=O) groups excluding carboxylic acids is 2. The van der Waals surface area contributed by atoms with Gasteiger partial charge in [-0.1, -0.05) is 0 Å². The largest absolute Gasteiger partial charge is 0.346 e. The van der Waals surface area contributed by atoms with E-state index in [9.17, 15) is 9.59 Å². The van der Waals surface area contributed by atoms with Crippen LogP contribution in [0.2, 0.25) is 0 Å². The van der Waals surface area contributed by atoms with Gasteiger partial charge in [-0.3, -0.25) is 14.3 Å². The molecule has 8 heteroatoms. The molecule has 1 N–H and O–H groups in total. The van der Waals surface area contributed by atoms with Crippen molar-refractivity contribution in [2.24, 2.45) is 7.05 Å². The summed E-state index contributed by atoms with van der Waals surface area (Å²) in [6.07, 6.45) is 4.81. The number of fused-ring (bicyclic) bond motifs is 2. The Morgan fingerprint density at radius 1 is 1.24 bits per heavy atom. The molecule has 2 atom stereocenters. The highest BCUT2D eigenvalue weighted by Crippen LogP contribution is 2.32. The third-order valence-corrected chi connectivity index (χ3v) is 5.14. The maximum absolute atomic E-state index is 12.8. The van der Waals surface area contributed by atoms with Crippen molar-refractivity contribution in [1.29, 1.82) is 0 Å². The second kappa shape index (κ2) is 5.72. The quantitative estimate of drug-likeness (QED) is 0.876. The lowest BCUT2D eigenvalue weighted by atomic mass is 10.2. The standard InChI is InChI=1S/C17H22N6O2/c1-10-16(20-11(2)19-10)17(25)23-9-13-5-14(23)8-22(13)15(24)4-12-6-18-21(3)7-12/h6-7,13-14H,4-5,8-9H2,1-3H3,(H,19,20)/t13-,14-/m0/s1. The van der Waals surface area contributed by atoms with E-state index in [0.29, 0.717) is 25.2 Å². The molecule has 2 fully saturated rings. The summed E-state index contributed by atoms with van der Waals surface area (Å²) >= 11 is 0. The van der Waals surface area contributed by atoms with E-state index < -0.39 is 0 Å². The topological polar surface area (TPSA) is 87.1 Å². The van der Waals surface area contributed by atoms with Gasteiger partial charge in [0, 0.05) is 32.0 Å². The number of rotatable bonds is 3. The molecule has 0 radical (unpaired) electrons. The maximum Gasteiger partial charge on any atom is 0.274 e. The molecule has 0 aromatic carbocycles. The van der Waals surface area contributed by atoms with Crippen LogP contribution >= 0.6 is 0 Å². The molecule has 4 rings (SSSR count). The average Bonchev–Trinajstić information content (AvgIpc) is 3.31. The lowest BCUT2D eigenvalue weighted by Gasteiger charge is -2.34. The normalized spacial score (nSPS) is 22.0. The Bertz CT molecular complexity index is 838. The first-order chi connectivity index (χ1) is 11.9. The summed E-state index contributed by atoms with van der Waals surface area (Å²) in [5, 5.41) is 4.11. The lowest BCUT2D eigenvalue weighted by molar-refractivity contribution is -0.132. The van der Waals surface area contributed by atoms with E-state index in [0.717, 1.165) is 23.5 Å². The Hall–Kier alpha value is -2.64. The number of H-pyrrole nitrogens is 1. The highest BCUT2D eigenvalue weighted by Gasteiger charge is 2.47. The molecule has 2 saturated heterocycles. The number of imidazole rings is 1.